The fourth-order valence-corrected chi connectivity index (χ4v) is 2.72. The molecule has 0 heterocycles. The Hall–Kier alpha value is -1.36. The summed E-state index contributed by atoms with van der Waals surface area (Å²) < 4.78 is 23.3. The van der Waals surface area contributed by atoms with Crippen molar-refractivity contribution in [3.8, 4) is 0 Å². The minimum Gasteiger partial charge on any atom is -0.480 e. The van der Waals surface area contributed by atoms with Gasteiger partial charge in [0.15, 0.2) is 15.6 Å². The van der Waals surface area contributed by atoms with Crippen LogP contribution < -0.4 is 0 Å². The van der Waals surface area contributed by atoms with Crippen LogP contribution in [0.2, 0.25) is 0 Å². The fourth-order valence-electron chi connectivity index (χ4n) is 1.34. The molecule has 0 saturated heterocycles. The Balaban J connectivity index is 3.20. The zero-order valence-electron chi connectivity index (χ0n) is 8.30. The summed E-state index contributed by atoms with van der Waals surface area (Å²) in [6, 6.07) is 6.46. The molecule has 0 bridgehead atoms. The molecular weight excluding hydrogens is 216 g/mol. The SMILES string of the molecule is CCc1ccccc1S(=O)(=O)CC(=O)O. The molecule has 0 amide bonds. The predicted octanol–water partition coefficient (Wildman–Crippen LogP) is 1.11. The quantitative estimate of drug-likeness (QED) is 0.837. The molecule has 82 valence electrons. The van der Waals surface area contributed by atoms with Gasteiger partial charge in [0.25, 0.3) is 0 Å². The Kier molecular flexibility index (Phi) is 3.47. The van der Waals surface area contributed by atoms with Crippen LogP contribution in [0.3, 0.4) is 0 Å². The van der Waals surface area contributed by atoms with E-state index in [1.165, 1.54) is 6.07 Å². The van der Waals surface area contributed by atoms with Crippen LogP contribution in [-0.2, 0) is 21.1 Å². The van der Waals surface area contributed by atoms with Crippen LogP contribution in [0.5, 0.6) is 0 Å². The Bertz CT molecular complexity index is 462. The summed E-state index contributed by atoms with van der Waals surface area (Å²) in [7, 11) is -3.70. The maximum absolute atomic E-state index is 11.6. The van der Waals surface area contributed by atoms with Crippen molar-refractivity contribution in [3.63, 3.8) is 0 Å². The average molecular weight is 228 g/mol. The second kappa shape index (κ2) is 4.44. The first-order valence-electron chi connectivity index (χ1n) is 4.50. The molecule has 1 N–H and O–H groups in total. The van der Waals surface area contributed by atoms with Gasteiger partial charge in [-0.25, -0.2) is 8.42 Å². The van der Waals surface area contributed by atoms with Gasteiger partial charge in [0.2, 0.25) is 0 Å². The third kappa shape index (κ3) is 2.79. The molecule has 5 heteroatoms. The highest BCUT2D eigenvalue weighted by Gasteiger charge is 2.20. The van der Waals surface area contributed by atoms with Gasteiger partial charge in [-0.3, -0.25) is 4.79 Å². The first-order chi connectivity index (χ1) is 6.97. The van der Waals surface area contributed by atoms with Crippen molar-refractivity contribution in [1.82, 2.24) is 0 Å². The summed E-state index contributed by atoms with van der Waals surface area (Å²) >= 11 is 0. The summed E-state index contributed by atoms with van der Waals surface area (Å²) in [4.78, 5) is 10.5. The van der Waals surface area contributed by atoms with Crippen molar-refractivity contribution in [2.45, 2.75) is 18.2 Å². The second-order valence-electron chi connectivity index (χ2n) is 3.11. The zero-order chi connectivity index (χ0) is 11.5. The van der Waals surface area contributed by atoms with Crippen LogP contribution in [0, 0.1) is 0 Å². The van der Waals surface area contributed by atoms with Crippen LogP contribution in [0.15, 0.2) is 29.2 Å². The highest BCUT2D eigenvalue weighted by molar-refractivity contribution is 7.92. The molecule has 0 spiro atoms. The lowest BCUT2D eigenvalue weighted by molar-refractivity contribution is -0.134. The lowest BCUT2D eigenvalue weighted by Crippen LogP contribution is -2.16. The molecular formula is C10H12O4S. The highest BCUT2D eigenvalue weighted by Crippen LogP contribution is 2.17. The van der Waals surface area contributed by atoms with Gasteiger partial charge in [-0.15, -0.1) is 0 Å². The molecule has 1 aromatic rings. The normalized spacial score (nSPS) is 11.3. The number of sulfone groups is 1. The van der Waals surface area contributed by atoms with Crippen molar-refractivity contribution < 1.29 is 18.3 Å². The molecule has 0 aliphatic rings. The first-order valence-corrected chi connectivity index (χ1v) is 6.15. The Morgan fingerprint density at radius 1 is 1.33 bits per heavy atom. The molecule has 0 atom stereocenters. The molecule has 0 fully saturated rings. The smallest absolute Gasteiger partial charge is 0.319 e. The third-order valence-corrected chi connectivity index (χ3v) is 3.70. The third-order valence-electron chi connectivity index (χ3n) is 2.00. The van der Waals surface area contributed by atoms with E-state index in [-0.39, 0.29) is 4.90 Å². The summed E-state index contributed by atoms with van der Waals surface area (Å²) in [5.41, 5.74) is 0.652. The van der Waals surface area contributed by atoms with E-state index in [9.17, 15) is 13.2 Å². The number of hydrogen-bond donors (Lipinski definition) is 1. The first kappa shape index (κ1) is 11.7. The number of benzene rings is 1. The number of carboxylic acids is 1. The Morgan fingerprint density at radius 3 is 2.47 bits per heavy atom. The maximum atomic E-state index is 11.6. The van der Waals surface area contributed by atoms with Crippen molar-refractivity contribution in [2.24, 2.45) is 0 Å². The second-order valence-corrected chi connectivity index (χ2v) is 5.07. The topological polar surface area (TPSA) is 71.4 Å². The van der Waals surface area contributed by atoms with Crippen molar-refractivity contribution in [2.75, 3.05) is 5.75 Å². The van der Waals surface area contributed by atoms with E-state index in [2.05, 4.69) is 0 Å². The molecule has 0 aliphatic heterocycles. The van der Waals surface area contributed by atoms with E-state index in [1.807, 2.05) is 6.92 Å². The van der Waals surface area contributed by atoms with Crippen molar-refractivity contribution in [3.05, 3.63) is 29.8 Å². The monoisotopic (exact) mass is 228 g/mol. The molecule has 0 aromatic heterocycles. The van der Waals surface area contributed by atoms with Gasteiger partial charge in [-0.05, 0) is 18.1 Å². The van der Waals surface area contributed by atoms with Crippen LogP contribution in [0.4, 0.5) is 0 Å². The van der Waals surface area contributed by atoms with Gasteiger partial charge < -0.3 is 5.11 Å². The Morgan fingerprint density at radius 2 is 1.93 bits per heavy atom. The van der Waals surface area contributed by atoms with Gasteiger partial charge in [-0.1, -0.05) is 25.1 Å². The minimum absolute atomic E-state index is 0.120. The number of hydrogen-bond acceptors (Lipinski definition) is 3. The van der Waals surface area contributed by atoms with E-state index >= 15 is 0 Å². The summed E-state index contributed by atoms with van der Waals surface area (Å²) in [5.74, 6) is -2.19. The largest absolute Gasteiger partial charge is 0.480 e. The minimum atomic E-state index is -3.70. The molecule has 4 nitrogen and oxygen atoms in total. The standard InChI is InChI=1S/C10H12O4S/c1-2-8-5-3-4-6-9(8)15(13,14)7-10(11)12/h3-6H,2,7H2,1H3,(H,11,12). The van der Waals surface area contributed by atoms with E-state index < -0.39 is 21.6 Å². The lowest BCUT2D eigenvalue weighted by atomic mass is 10.2. The number of rotatable bonds is 4. The highest BCUT2D eigenvalue weighted by atomic mass is 32.2. The average Bonchev–Trinajstić information content (AvgIpc) is 2.16. The summed E-state index contributed by atoms with van der Waals surface area (Å²) in [5, 5.41) is 8.49. The van der Waals surface area contributed by atoms with Gasteiger partial charge >= 0.3 is 5.97 Å². The molecule has 1 rings (SSSR count). The van der Waals surface area contributed by atoms with E-state index in [1.54, 1.807) is 18.2 Å². The van der Waals surface area contributed by atoms with Gasteiger partial charge in [0.05, 0.1) is 4.90 Å². The van der Waals surface area contributed by atoms with E-state index in [4.69, 9.17) is 5.11 Å². The van der Waals surface area contributed by atoms with Crippen LogP contribution in [0.25, 0.3) is 0 Å². The molecule has 15 heavy (non-hydrogen) atoms. The van der Waals surface area contributed by atoms with Crippen LogP contribution in [0.1, 0.15) is 12.5 Å². The zero-order valence-corrected chi connectivity index (χ0v) is 9.12. The van der Waals surface area contributed by atoms with Crippen LogP contribution in [-0.4, -0.2) is 25.2 Å². The van der Waals surface area contributed by atoms with Gasteiger partial charge in [0, 0.05) is 0 Å². The lowest BCUT2D eigenvalue weighted by Gasteiger charge is -2.06. The summed E-state index contributed by atoms with van der Waals surface area (Å²) in [6.45, 7) is 1.83. The number of aryl methyl sites for hydroxylation is 1. The van der Waals surface area contributed by atoms with E-state index in [0.717, 1.165) is 0 Å². The van der Waals surface area contributed by atoms with Crippen molar-refractivity contribution >= 4 is 15.8 Å². The summed E-state index contributed by atoms with van der Waals surface area (Å²) in [6.07, 6.45) is 0.565. The molecule has 0 radical (unpaired) electrons. The predicted molar refractivity (Wildman–Crippen MR) is 55.5 cm³/mol. The molecule has 1 aromatic carbocycles. The number of carboxylic acid groups (broad SMARTS) is 1. The Labute approximate surface area is 88.5 Å². The molecule has 0 saturated carbocycles. The van der Waals surface area contributed by atoms with Gasteiger partial charge in [-0.2, -0.15) is 0 Å². The van der Waals surface area contributed by atoms with Gasteiger partial charge in [0.1, 0.15) is 0 Å². The van der Waals surface area contributed by atoms with Crippen LogP contribution >= 0.6 is 0 Å². The van der Waals surface area contributed by atoms with Crippen molar-refractivity contribution in [1.29, 1.82) is 0 Å². The number of carbonyl (C=O) groups is 1. The fraction of sp³-hybridized carbons (Fsp3) is 0.300. The maximum Gasteiger partial charge on any atom is 0.319 e. The molecule has 0 aliphatic carbocycles. The number of aliphatic carboxylic acids is 1. The van der Waals surface area contributed by atoms with E-state index in [0.29, 0.717) is 12.0 Å². The molecule has 0 unspecified atom stereocenters.